The summed E-state index contributed by atoms with van der Waals surface area (Å²) in [5.41, 5.74) is 6.55. The zero-order chi connectivity index (χ0) is 25.9. The standard InChI is InChI=1S/C26H31N3.C3H4.C2H6/c1-8-29(18-22-15-16-27-25-17-20(3)11-14-24(22)25)26(5,6)21(4)28(7)23-12-9-19(2)10-13-23;1-3-2;1-2/h8-17H,1,4,18H2,2-3,5-7H3;1H,2H3;1-2H3. The minimum Gasteiger partial charge on any atom is -0.363 e. The van der Waals surface area contributed by atoms with Crippen LogP contribution in [0.2, 0.25) is 0 Å². The zero-order valence-corrected chi connectivity index (χ0v) is 22.3. The van der Waals surface area contributed by atoms with Crippen molar-refractivity contribution in [2.24, 2.45) is 0 Å². The SMILES string of the molecule is C#CC.C=CN(Cc1ccnc2cc(C)ccc12)C(C)(C)C(=C)N(C)c1ccc(C)cc1.CC. The summed E-state index contributed by atoms with van der Waals surface area (Å²) in [4.78, 5) is 8.94. The molecule has 0 fully saturated rings. The van der Waals surface area contributed by atoms with Crippen molar-refractivity contribution < 1.29 is 0 Å². The van der Waals surface area contributed by atoms with Crippen LogP contribution in [-0.2, 0) is 6.54 Å². The summed E-state index contributed by atoms with van der Waals surface area (Å²) in [7, 11) is 2.07. The van der Waals surface area contributed by atoms with Crippen molar-refractivity contribution in [1.29, 1.82) is 0 Å². The second-order valence-corrected chi connectivity index (χ2v) is 8.49. The van der Waals surface area contributed by atoms with Gasteiger partial charge in [-0.1, -0.05) is 56.8 Å². The minimum absolute atomic E-state index is 0.318. The number of pyridine rings is 1. The predicted octanol–water partition coefficient (Wildman–Crippen LogP) is 7.89. The first kappa shape index (κ1) is 28.5. The Kier molecular flexibility index (Phi) is 11.1. The number of nitrogens with zero attached hydrogens (tertiary/aromatic N) is 3. The van der Waals surface area contributed by atoms with Crippen molar-refractivity contribution in [3.05, 3.63) is 96.5 Å². The highest BCUT2D eigenvalue weighted by Gasteiger charge is 2.30. The van der Waals surface area contributed by atoms with Crippen molar-refractivity contribution in [3.63, 3.8) is 0 Å². The Bertz CT molecular complexity index is 1120. The molecule has 0 aliphatic rings. The number of aromatic nitrogens is 1. The fourth-order valence-electron chi connectivity index (χ4n) is 3.63. The molecule has 34 heavy (non-hydrogen) atoms. The zero-order valence-electron chi connectivity index (χ0n) is 22.3. The molecule has 3 rings (SSSR count). The lowest BCUT2D eigenvalue weighted by molar-refractivity contribution is 0.214. The Labute approximate surface area is 207 Å². The van der Waals surface area contributed by atoms with Gasteiger partial charge in [-0.3, -0.25) is 4.98 Å². The van der Waals surface area contributed by atoms with Gasteiger partial charge in [-0.25, -0.2) is 0 Å². The number of rotatable bonds is 7. The molecule has 0 aliphatic heterocycles. The van der Waals surface area contributed by atoms with E-state index in [-0.39, 0.29) is 5.54 Å². The first-order valence-corrected chi connectivity index (χ1v) is 11.8. The average molecular weight is 456 g/mol. The molecule has 3 nitrogen and oxygen atoms in total. The van der Waals surface area contributed by atoms with Crippen LogP contribution in [0.15, 0.2) is 79.8 Å². The number of aryl methyl sites for hydroxylation is 2. The molecule has 3 heteroatoms. The number of benzene rings is 2. The maximum absolute atomic E-state index is 4.60. The summed E-state index contributed by atoms with van der Waals surface area (Å²) in [6.45, 7) is 23.5. The van der Waals surface area contributed by atoms with E-state index in [1.165, 1.54) is 22.1 Å². The summed E-state index contributed by atoms with van der Waals surface area (Å²) in [5.74, 6) is 2.25. The van der Waals surface area contributed by atoms with Gasteiger partial charge in [0.1, 0.15) is 0 Å². The van der Waals surface area contributed by atoms with Crippen molar-refractivity contribution in [2.75, 3.05) is 11.9 Å². The van der Waals surface area contributed by atoms with E-state index in [0.717, 1.165) is 23.4 Å². The van der Waals surface area contributed by atoms with Crippen LogP contribution in [0.1, 0.15) is 51.3 Å². The lowest BCUT2D eigenvalue weighted by Crippen LogP contribution is -2.46. The second-order valence-electron chi connectivity index (χ2n) is 8.49. The number of fused-ring (bicyclic) bond motifs is 1. The fourth-order valence-corrected chi connectivity index (χ4v) is 3.63. The first-order valence-electron chi connectivity index (χ1n) is 11.8. The molecular weight excluding hydrogens is 414 g/mol. The number of hydrogen-bond donors (Lipinski definition) is 0. The lowest BCUT2D eigenvalue weighted by atomic mass is 9.96. The third-order valence-corrected chi connectivity index (χ3v) is 5.80. The van der Waals surface area contributed by atoms with Crippen LogP contribution < -0.4 is 4.90 Å². The van der Waals surface area contributed by atoms with E-state index in [4.69, 9.17) is 0 Å². The monoisotopic (exact) mass is 455 g/mol. The quantitative estimate of drug-likeness (QED) is 0.338. The second kappa shape index (κ2) is 13.3. The molecule has 0 atom stereocenters. The van der Waals surface area contributed by atoms with Crippen LogP contribution >= 0.6 is 0 Å². The molecule has 3 aromatic rings. The summed E-state index contributed by atoms with van der Waals surface area (Å²) in [6, 6.07) is 17.0. The third kappa shape index (κ3) is 6.99. The molecule has 0 spiro atoms. The molecule has 0 saturated carbocycles. The Balaban J connectivity index is 0.00000107. The van der Waals surface area contributed by atoms with Gasteiger partial charge in [0, 0.05) is 36.6 Å². The number of hydrogen-bond acceptors (Lipinski definition) is 3. The molecule has 0 aliphatic carbocycles. The largest absolute Gasteiger partial charge is 0.363 e. The maximum atomic E-state index is 4.60. The predicted molar refractivity (Wildman–Crippen MR) is 151 cm³/mol. The van der Waals surface area contributed by atoms with Gasteiger partial charge in [-0.05, 0) is 76.2 Å². The molecule has 0 N–H and O–H groups in total. The summed E-state index contributed by atoms with van der Waals surface area (Å²) in [6.07, 6.45) is 8.40. The van der Waals surface area contributed by atoms with Crippen molar-refractivity contribution in [1.82, 2.24) is 9.88 Å². The van der Waals surface area contributed by atoms with E-state index >= 15 is 0 Å². The van der Waals surface area contributed by atoms with E-state index in [9.17, 15) is 0 Å². The molecule has 0 radical (unpaired) electrons. The molecule has 0 amide bonds. The van der Waals surface area contributed by atoms with Crippen molar-refractivity contribution in [2.45, 2.75) is 60.5 Å². The van der Waals surface area contributed by atoms with Gasteiger partial charge in [0.2, 0.25) is 0 Å². The highest BCUT2D eigenvalue weighted by molar-refractivity contribution is 5.82. The Morgan fingerprint density at radius 3 is 2.18 bits per heavy atom. The van der Waals surface area contributed by atoms with E-state index in [1.807, 2.05) is 26.2 Å². The topological polar surface area (TPSA) is 19.4 Å². The van der Waals surface area contributed by atoms with E-state index < -0.39 is 0 Å². The Morgan fingerprint density at radius 2 is 1.62 bits per heavy atom. The van der Waals surface area contributed by atoms with E-state index in [1.54, 1.807) is 6.92 Å². The van der Waals surface area contributed by atoms with Crippen LogP contribution in [0.3, 0.4) is 0 Å². The van der Waals surface area contributed by atoms with Crippen LogP contribution in [-0.4, -0.2) is 22.5 Å². The highest BCUT2D eigenvalue weighted by Crippen LogP contribution is 2.31. The molecule has 1 heterocycles. The van der Waals surface area contributed by atoms with Gasteiger partial charge in [0.25, 0.3) is 0 Å². The number of likely N-dealkylation sites (N-methyl/N-ethyl adjacent to an activating group) is 1. The van der Waals surface area contributed by atoms with Crippen LogP contribution in [0, 0.1) is 26.2 Å². The fraction of sp³-hybridized carbons (Fsp3) is 0.323. The normalized spacial score (nSPS) is 10.1. The minimum atomic E-state index is -0.318. The number of anilines is 1. The van der Waals surface area contributed by atoms with Crippen LogP contribution in [0.4, 0.5) is 5.69 Å². The van der Waals surface area contributed by atoms with Crippen LogP contribution in [0.5, 0.6) is 0 Å². The van der Waals surface area contributed by atoms with Gasteiger partial charge in [-0.15, -0.1) is 12.3 Å². The van der Waals surface area contributed by atoms with Gasteiger partial charge in [0.05, 0.1) is 11.1 Å². The summed E-state index contributed by atoms with van der Waals surface area (Å²) < 4.78 is 0. The van der Waals surface area contributed by atoms with Crippen molar-refractivity contribution in [3.8, 4) is 12.3 Å². The molecule has 1 aromatic heterocycles. The summed E-state index contributed by atoms with van der Waals surface area (Å²) >= 11 is 0. The Morgan fingerprint density at radius 1 is 1.06 bits per heavy atom. The van der Waals surface area contributed by atoms with Gasteiger partial charge >= 0.3 is 0 Å². The molecule has 0 unspecified atom stereocenters. The highest BCUT2D eigenvalue weighted by atomic mass is 15.2. The first-order chi connectivity index (χ1) is 16.1. The molecule has 0 bridgehead atoms. The smallest absolute Gasteiger partial charge is 0.0739 e. The van der Waals surface area contributed by atoms with E-state index in [2.05, 4.69) is 124 Å². The molecule has 0 saturated heterocycles. The van der Waals surface area contributed by atoms with Crippen molar-refractivity contribution >= 4 is 16.6 Å². The molecule has 180 valence electrons. The van der Waals surface area contributed by atoms with Gasteiger partial charge < -0.3 is 9.80 Å². The average Bonchev–Trinajstić information content (AvgIpc) is 2.83. The molecule has 2 aromatic carbocycles. The number of terminal acetylenes is 1. The van der Waals surface area contributed by atoms with Gasteiger partial charge in [-0.2, -0.15) is 0 Å². The third-order valence-electron chi connectivity index (χ3n) is 5.80. The maximum Gasteiger partial charge on any atom is 0.0739 e. The van der Waals surface area contributed by atoms with Gasteiger partial charge in [0.15, 0.2) is 0 Å². The Hall–Kier alpha value is -3.51. The summed E-state index contributed by atoms with van der Waals surface area (Å²) in [5, 5.41) is 1.18. The lowest BCUT2D eigenvalue weighted by Gasteiger charge is -2.43. The van der Waals surface area contributed by atoms with Crippen LogP contribution in [0.25, 0.3) is 10.9 Å². The van der Waals surface area contributed by atoms with E-state index in [0.29, 0.717) is 0 Å². The molecular formula is C31H41N3.